The van der Waals surface area contributed by atoms with Crippen molar-refractivity contribution >= 4 is 21.7 Å². The molecule has 16 heavy (non-hydrogen) atoms. The largest absolute Gasteiger partial charge is 0.299 e. The van der Waals surface area contributed by atoms with Crippen LogP contribution in [0.1, 0.15) is 44.6 Å². The highest BCUT2D eigenvalue weighted by Crippen LogP contribution is 2.54. The Morgan fingerprint density at radius 3 is 2.25 bits per heavy atom. The number of rotatable bonds is 3. The topological polar surface area (TPSA) is 17.1 Å². The van der Waals surface area contributed by atoms with Gasteiger partial charge in [-0.05, 0) is 30.5 Å². The van der Waals surface area contributed by atoms with E-state index < -0.39 is 0 Å². The first kappa shape index (κ1) is 11.8. The summed E-state index contributed by atoms with van der Waals surface area (Å²) >= 11 is 3.44. The van der Waals surface area contributed by atoms with E-state index in [9.17, 15) is 4.79 Å². The Kier molecular flexibility index (Phi) is 3.20. The van der Waals surface area contributed by atoms with E-state index in [2.05, 4.69) is 54.0 Å². The maximum absolute atomic E-state index is 11.9. The van der Waals surface area contributed by atoms with Gasteiger partial charge in [-0.2, -0.15) is 0 Å². The fraction of sp³-hybridized carbons (Fsp3) is 0.500. The minimum Gasteiger partial charge on any atom is -0.299 e. The first-order valence-corrected chi connectivity index (χ1v) is 6.72. The van der Waals surface area contributed by atoms with Gasteiger partial charge in [0.15, 0.2) is 0 Å². The summed E-state index contributed by atoms with van der Waals surface area (Å²) in [4.78, 5) is 11.9. The molecule has 1 unspecified atom stereocenters. The van der Waals surface area contributed by atoms with E-state index in [1.807, 2.05) is 0 Å². The van der Waals surface area contributed by atoms with E-state index in [1.54, 1.807) is 0 Å². The molecule has 1 aliphatic carbocycles. The smallest absolute Gasteiger partial charge is 0.140 e. The van der Waals surface area contributed by atoms with Crippen molar-refractivity contribution in [1.29, 1.82) is 0 Å². The van der Waals surface area contributed by atoms with Crippen LogP contribution < -0.4 is 0 Å². The van der Waals surface area contributed by atoms with Crippen LogP contribution in [-0.2, 0) is 4.79 Å². The first-order chi connectivity index (χ1) is 7.64. The summed E-state index contributed by atoms with van der Waals surface area (Å²) in [5.41, 5.74) is 1.24. The standard InChI is InChI=1S/C14H17BrO/c1-3-14(4-2)12(9-13(14)16)10-5-7-11(15)8-6-10/h5-8,12H,3-4,9H2,1-2H3. The van der Waals surface area contributed by atoms with Crippen molar-refractivity contribution in [2.24, 2.45) is 5.41 Å². The lowest BCUT2D eigenvalue weighted by Crippen LogP contribution is -2.47. The van der Waals surface area contributed by atoms with Crippen molar-refractivity contribution < 1.29 is 4.79 Å². The number of hydrogen-bond acceptors (Lipinski definition) is 1. The summed E-state index contributed by atoms with van der Waals surface area (Å²) in [5.74, 6) is 0.883. The first-order valence-electron chi connectivity index (χ1n) is 5.92. The molecule has 0 radical (unpaired) electrons. The molecule has 1 aromatic carbocycles. The van der Waals surface area contributed by atoms with Crippen LogP contribution >= 0.6 is 15.9 Å². The fourth-order valence-electron chi connectivity index (χ4n) is 2.92. The van der Waals surface area contributed by atoms with Gasteiger partial charge in [-0.3, -0.25) is 4.79 Å². The Morgan fingerprint density at radius 1 is 1.25 bits per heavy atom. The minimum absolute atomic E-state index is 0.0756. The molecule has 1 aliphatic rings. The molecule has 2 heteroatoms. The lowest BCUT2D eigenvalue weighted by atomic mass is 9.54. The van der Waals surface area contributed by atoms with E-state index in [1.165, 1.54) is 5.56 Å². The molecule has 1 atom stereocenters. The van der Waals surface area contributed by atoms with Gasteiger partial charge in [0.2, 0.25) is 0 Å². The Labute approximate surface area is 105 Å². The average molecular weight is 281 g/mol. The van der Waals surface area contributed by atoms with Crippen molar-refractivity contribution in [3.05, 3.63) is 34.3 Å². The van der Waals surface area contributed by atoms with Gasteiger partial charge in [-0.1, -0.05) is 41.9 Å². The maximum atomic E-state index is 11.9. The minimum atomic E-state index is -0.0756. The van der Waals surface area contributed by atoms with Crippen molar-refractivity contribution in [3.63, 3.8) is 0 Å². The summed E-state index contributed by atoms with van der Waals surface area (Å²) in [6.45, 7) is 4.26. The van der Waals surface area contributed by atoms with E-state index >= 15 is 0 Å². The predicted octanol–water partition coefficient (Wildman–Crippen LogP) is 4.31. The molecule has 86 valence electrons. The van der Waals surface area contributed by atoms with Crippen LogP contribution in [-0.4, -0.2) is 5.78 Å². The van der Waals surface area contributed by atoms with Gasteiger partial charge >= 0.3 is 0 Å². The average Bonchev–Trinajstić information content (AvgIpc) is 2.29. The number of benzene rings is 1. The third-order valence-electron chi connectivity index (χ3n) is 4.15. The van der Waals surface area contributed by atoms with Crippen LogP contribution in [0.4, 0.5) is 0 Å². The molecule has 0 bridgehead atoms. The SMILES string of the molecule is CCC1(CC)C(=O)CC1c1ccc(Br)cc1. The molecule has 2 rings (SSSR count). The van der Waals surface area contributed by atoms with E-state index in [0.29, 0.717) is 11.7 Å². The van der Waals surface area contributed by atoms with Gasteiger partial charge in [-0.25, -0.2) is 0 Å². The number of carbonyl (C=O) groups is 1. The Hall–Kier alpha value is -0.630. The Morgan fingerprint density at radius 2 is 1.81 bits per heavy atom. The van der Waals surface area contributed by atoms with Gasteiger partial charge in [-0.15, -0.1) is 0 Å². The zero-order chi connectivity index (χ0) is 11.8. The summed E-state index contributed by atoms with van der Waals surface area (Å²) < 4.78 is 1.10. The summed E-state index contributed by atoms with van der Waals surface area (Å²) in [5, 5.41) is 0. The second kappa shape index (κ2) is 4.33. The number of ketones is 1. The van der Waals surface area contributed by atoms with Crippen molar-refractivity contribution in [2.75, 3.05) is 0 Å². The van der Waals surface area contributed by atoms with Gasteiger partial charge in [0, 0.05) is 22.2 Å². The monoisotopic (exact) mass is 280 g/mol. The zero-order valence-electron chi connectivity index (χ0n) is 9.79. The number of carbonyl (C=O) groups excluding carboxylic acids is 1. The molecule has 1 aromatic rings. The molecule has 0 heterocycles. The third kappa shape index (κ3) is 1.64. The second-order valence-corrected chi connectivity index (χ2v) is 5.51. The molecule has 0 spiro atoms. The highest BCUT2D eigenvalue weighted by atomic mass is 79.9. The van der Waals surface area contributed by atoms with E-state index in [-0.39, 0.29) is 5.41 Å². The molecule has 1 nitrogen and oxygen atoms in total. The van der Waals surface area contributed by atoms with Crippen LogP contribution in [0, 0.1) is 5.41 Å². The number of Topliss-reactive ketones (excluding diaryl/α,β-unsaturated/α-hetero) is 1. The molecule has 0 aromatic heterocycles. The van der Waals surface area contributed by atoms with Crippen LogP contribution in [0.2, 0.25) is 0 Å². The molecule has 0 amide bonds. The van der Waals surface area contributed by atoms with Crippen molar-refractivity contribution in [2.45, 2.75) is 39.0 Å². The van der Waals surface area contributed by atoms with Crippen LogP contribution in [0.5, 0.6) is 0 Å². The Balaban J connectivity index is 2.29. The Bertz CT molecular complexity index is 390. The van der Waals surface area contributed by atoms with Gasteiger partial charge in [0.1, 0.15) is 5.78 Å². The quantitative estimate of drug-likeness (QED) is 0.806. The molecule has 0 saturated heterocycles. The third-order valence-corrected chi connectivity index (χ3v) is 4.67. The number of hydrogen-bond donors (Lipinski definition) is 0. The molecule has 0 N–H and O–H groups in total. The van der Waals surface area contributed by atoms with E-state index in [0.717, 1.165) is 23.7 Å². The zero-order valence-corrected chi connectivity index (χ0v) is 11.4. The van der Waals surface area contributed by atoms with Crippen molar-refractivity contribution in [3.8, 4) is 0 Å². The number of halogens is 1. The van der Waals surface area contributed by atoms with E-state index in [4.69, 9.17) is 0 Å². The maximum Gasteiger partial charge on any atom is 0.140 e. The lowest BCUT2D eigenvalue weighted by Gasteiger charge is -2.47. The lowest BCUT2D eigenvalue weighted by molar-refractivity contribution is -0.141. The molecule has 1 fully saturated rings. The van der Waals surface area contributed by atoms with Gasteiger partial charge in [0.25, 0.3) is 0 Å². The summed E-state index contributed by atoms with van der Waals surface area (Å²) in [6, 6.07) is 8.41. The van der Waals surface area contributed by atoms with Gasteiger partial charge < -0.3 is 0 Å². The van der Waals surface area contributed by atoms with Crippen molar-refractivity contribution in [1.82, 2.24) is 0 Å². The molecule has 0 aliphatic heterocycles. The molecular weight excluding hydrogens is 264 g/mol. The van der Waals surface area contributed by atoms with Crippen LogP contribution in [0.3, 0.4) is 0 Å². The summed E-state index contributed by atoms with van der Waals surface area (Å²) in [6.07, 6.45) is 2.65. The summed E-state index contributed by atoms with van der Waals surface area (Å²) in [7, 11) is 0. The normalized spacial score (nSPS) is 22.9. The van der Waals surface area contributed by atoms with Crippen LogP contribution in [0.25, 0.3) is 0 Å². The molecule has 1 saturated carbocycles. The second-order valence-electron chi connectivity index (χ2n) is 4.59. The van der Waals surface area contributed by atoms with Gasteiger partial charge in [0.05, 0.1) is 0 Å². The highest BCUT2D eigenvalue weighted by molar-refractivity contribution is 9.10. The predicted molar refractivity (Wildman–Crippen MR) is 69.5 cm³/mol. The highest BCUT2D eigenvalue weighted by Gasteiger charge is 2.52. The van der Waals surface area contributed by atoms with Crippen LogP contribution in [0.15, 0.2) is 28.7 Å². The fourth-order valence-corrected chi connectivity index (χ4v) is 3.18. The molecular formula is C14H17BrO.